The number of para-hydroxylation sites is 1. The van der Waals surface area contributed by atoms with Gasteiger partial charge in [-0.1, -0.05) is 12.1 Å². The summed E-state index contributed by atoms with van der Waals surface area (Å²) in [6.07, 6.45) is 2.32. The Kier molecular flexibility index (Phi) is 4.71. The minimum absolute atomic E-state index is 0.211. The summed E-state index contributed by atoms with van der Waals surface area (Å²) >= 11 is 1.54. The Labute approximate surface area is 154 Å². The molecule has 1 fully saturated rings. The second-order valence-corrected chi connectivity index (χ2v) is 7.28. The van der Waals surface area contributed by atoms with Crippen LogP contribution in [0.2, 0.25) is 0 Å². The SMILES string of the molecule is O=C(NCCCN1CCCC1=O)c1ccc(-c2nc3ccccc3s2)o1. The first-order valence-corrected chi connectivity index (χ1v) is 9.54. The lowest BCUT2D eigenvalue weighted by Crippen LogP contribution is -2.30. The molecular weight excluding hydrogens is 350 g/mol. The molecule has 0 bridgehead atoms. The molecule has 1 aliphatic heterocycles. The van der Waals surface area contributed by atoms with Gasteiger partial charge < -0.3 is 14.6 Å². The van der Waals surface area contributed by atoms with Crippen LogP contribution in [0.4, 0.5) is 0 Å². The number of rotatable bonds is 6. The second kappa shape index (κ2) is 7.29. The molecule has 2 amide bonds. The number of benzene rings is 1. The van der Waals surface area contributed by atoms with Crippen LogP contribution >= 0.6 is 11.3 Å². The first-order chi connectivity index (χ1) is 12.7. The number of hydrogen-bond donors (Lipinski definition) is 1. The van der Waals surface area contributed by atoms with Gasteiger partial charge in [0, 0.05) is 26.1 Å². The zero-order valence-electron chi connectivity index (χ0n) is 14.2. The Balaban J connectivity index is 1.33. The average molecular weight is 369 g/mol. The van der Waals surface area contributed by atoms with Crippen molar-refractivity contribution in [2.24, 2.45) is 0 Å². The average Bonchev–Trinajstić information content (AvgIpc) is 3.37. The summed E-state index contributed by atoms with van der Waals surface area (Å²) in [5, 5.41) is 3.60. The van der Waals surface area contributed by atoms with Gasteiger partial charge in [-0.15, -0.1) is 11.3 Å². The van der Waals surface area contributed by atoms with Crippen molar-refractivity contribution >= 4 is 33.4 Å². The minimum atomic E-state index is -0.245. The fourth-order valence-electron chi connectivity index (χ4n) is 3.05. The van der Waals surface area contributed by atoms with Crippen LogP contribution in [0.25, 0.3) is 21.0 Å². The summed E-state index contributed by atoms with van der Waals surface area (Å²) in [7, 11) is 0. The molecule has 134 valence electrons. The van der Waals surface area contributed by atoms with Gasteiger partial charge in [-0.3, -0.25) is 9.59 Å². The molecule has 0 aliphatic carbocycles. The molecule has 1 N–H and O–H groups in total. The molecule has 1 saturated heterocycles. The molecule has 26 heavy (non-hydrogen) atoms. The fourth-order valence-corrected chi connectivity index (χ4v) is 3.98. The molecule has 1 aliphatic rings. The number of aromatic nitrogens is 1. The number of carbonyl (C=O) groups is 2. The zero-order chi connectivity index (χ0) is 17.9. The molecule has 0 saturated carbocycles. The Bertz CT molecular complexity index is 913. The van der Waals surface area contributed by atoms with E-state index in [1.54, 1.807) is 12.1 Å². The van der Waals surface area contributed by atoms with Gasteiger partial charge in [0.1, 0.15) is 0 Å². The summed E-state index contributed by atoms with van der Waals surface area (Å²) in [5.41, 5.74) is 0.923. The van der Waals surface area contributed by atoms with E-state index < -0.39 is 0 Å². The van der Waals surface area contributed by atoms with Crippen molar-refractivity contribution < 1.29 is 14.0 Å². The molecule has 0 atom stereocenters. The highest BCUT2D eigenvalue weighted by atomic mass is 32.1. The van der Waals surface area contributed by atoms with Crippen molar-refractivity contribution in [1.29, 1.82) is 0 Å². The molecule has 7 heteroatoms. The number of fused-ring (bicyclic) bond motifs is 1. The number of nitrogens with zero attached hydrogens (tertiary/aromatic N) is 2. The van der Waals surface area contributed by atoms with Crippen LogP contribution in [0.3, 0.4) is 0 Å². The van der Waals surface area contributed by atoms with Gasteiger partial charge in [0.05, 0.1) is 10.2 Å². The van der Waals surface area contributed by atoms with Gasteiger partial charge in [-0.2, -0.15) is 0 Å². The number of thiazole rings is 1. The lowest BCUT2D eigenvalue weighted by atomic mass is 10.3. The van der Waals surface area contributed by atoms with Gasteiger partial charge in [0.25, 0.3) is 5.91 Å². The van der Waals surface area contributed by atoms with E-state index in [1.807, 2.05) is 29.2 Å². The minimum Gasteiger partial charge on any atom is -0.448 e. The molecule has 3 heterocycles. The monoisotopic (exact) mass is 369 g/mol. The van der Waals surface area contributed by atoms with Crippen LogP contribution < -0.4 is 5.32 Å². The Morgan fingerprint density at radius 1 is 1.27 bits per heavy atom. The van der Waals surface area contributed by atoms with Gasteiger partial charge >= 0.3 is 0 Å². The van der Waals surface area contributed by atoms with E-state index in [-0.39, 0.29) is 17.6 Å². The summed E-state index contributed by atoms with van der Waals surface area (Å²) in [6.45, 7) is 2.03. The topological polar surface area (TPSA) is 75.4 Å². The van der Waals surface area contributed by atoms with Crippen molar-refractivity contribution in [2.45, 2.75) is 19.3 Å². The first-order valence-electron chi connectivity index (χ1n) is 8.72. The maximum absolute atomic E-state index is 12.2. The van der Waals surface area contributed by atoms with Gasteiger partial charge in [0.2, 0.25) is 5.91 Å². The zero-order valence-corrected chi connectivity index (χ0v) is 15.1. The van der Waals surface area contributed by atoms with E-state index in [1.165, 1.54) is 11.3 Å². The van der Waals surface area contributed by atoms with Gasteiger partial charge in [-0.25, -0.2) is 4.98 Å². The fraction of sp³-hybridized carbons (Fsp3) is 0.316. The summed E-state index contributed by atoms with van der Waals surface area (Å²) < 4.78 is 6.76. The highest BCUT2D eigenvalue weighted by Gasteiger charge is 2.19. The van der Waals surface area contributed by atoms with Crippen molar-refractivity contribution in [3.63, 3.8) is 0 Å². The number of likely N-dealkylation sites (tertiary alicyclic amines) is 1. The number of nitrogens with one attached hydrogen (secondary N) is 1. The van der Waals surface area contributed by atoms with Crippen molar-refractivity contribution in [1.82, 2.24) is 15.2 Å². The highest BCUT2D eigenvalue weighted by molar-refractivity contribution is 7.21. The van der Waals surface area contributed by atoms with Crippen LogP contribution in [0.5, 0.6) is 0 Å². The third kappa shape index (κ3) is 3.48. The van der Waals surface area contributed by atoms with E-state index in [4.69, 9.17) is 4.42 Å². The molecule has 2 aromatic heterocycles. The predicted octanol–water partition coefficient (Wildman–Crippen LogP) is 3.30. The third-order valence-electron chi connectivity index (χ3n) is 4.40. The Morgan fingerprint density at radius 2 is 2.15 bits per heavy atom. The lowest BCUT2D eigenvalue weighted by molar-refractivity contribution is -0.127. The molecule has 0 spiro atoms. The van der Waals surface area contributed by atoms with Crippen molar-refractivity contribution in [3.8, 4) is 10.8 Å². The van der Waals surface area contributed by atoms with Crippen molar-refractivity contribution in [3.05, 3.63) is 42.2 Å². The largest absolute Gasteiger partial charge is 0.448 e. The number of hydrogen-bond acceptors (Lipinski definition) is 5. The Morgan fingerprint density at radius 3 is 2.96 bits per heavy atom. The maximum Gasteiger partial charge on any atom is 0.287 e. The molecule has 0 unspecified atom stereocenters. The van der Waals surface area contributed by atoms with E-state index in [9.17, 15) is 9.59 Å². The van der Waals surface area contributed by atoms with Crippen molar-refractivity contribution in [2.75, 3.05) is 19.6 Å². The number of amides is 2. The molecule has 0 radical (unpaired) electrons. The molecule has 1 aromatic carbocycles. The summed E-state index contributed by atoms with van der Waals surface area (Å²) in [5.74, 6) is 0.837. The van der Waals surface area contributed by atoms with Crippen LogP contribution in [0, 0.1) is 0 Å². The highest BCUT2D eigenvalue weighted by Crippen LogP contribution is 2.31. The number of furan rings is 1. The van der Waals surface area contributed by atoms with E-state index in [0.717, 1.165) is 34.6 Å². The molecule has 3 aromatic rings. The molecular formula is C19H19N3O3S. The second-order valence-electron chi connectivity index (χ2n) is 6.24. The van der Waals surface area contributed by atoms with Crippen LogP contribution in [0.1, 0.15) is 29.8 Å². The molecule has 4 rings (SSSR count). The maximum atomic E-state index is 12.2. The van der Waals surface area contributed by atoms with Crippen LogP contribution in [-0.2, 0) is 4.79 Å². The van der Waals surface area contributed by atoms with Gasteiger partial charge in [-0.05, 0) is 37.1 Å². The third-order valence-corrected chi connectivity index (χ3v) is 5.45. The Hall–Kier alpha value is -2.67. The van der Waals surface area contributed by atoms with E-state index in [0.29, 0.717) is 25.3 Å². The lowest BCUT2D eigenvalue weighted by Gasteiger charge is -2.14. The normalized spacial score (nSPS) is 14.3. The summed E-state index contributed by atoms with van der Waals surface area (Å²) in [6, 6.07) is 11.3. The van der Waals surface area contributed by atoms with Crippen LogP contribution in [-0.4, -0.2) is 41.3 Å². The smallest absolute Gasteiger partial charge is 0.287 e. The van der Waals surface area contributed by atoms with Crippen LogP contribution in [0.15, 0.2) is 40.8 Å². The summed E-state index contributed by atoms with van der Waals surface area (Å²) in [4.78, 5) is 30.2. The first kappa shape index (κ1) is 16.8. The predicted molar refractivity (Wildman–Crippen MR) is 100 cm³/mol. The quantitative estimate of drug-likeness (QED) is 0.677. The standard InChI is InChI=1S/C19H19N3O3S/c23-17-7-3-11-22(17)12-4-10-20-18(24)14-8-9-15(25-14)19-21-13-5-1-2-6-16(13)26-19/h1-2,5-6,8-9H,3-4,7,10-12H2,(H,20,24). The number of carbonyl (C=O) groups excluding carboxylic acids is 2. The molecule has 6 nitrogen and oxygen atoms in total. The van der Waals surface area contributed by atoms with E-state index in [2.05, 4.69) is 10.3 Å². The van der Waals surface area contributed by atoms with E-state index >= 15 is 0 Å². The van der Waals surface area contributed by atoms with Gasteiger partial charge in [0.15, 0.2) is 16.5 Å².